The van der Waals surface area contributed by atoms with Gasteiger partial charge in [-0.3, -0.25) is 0 Å². The van der Waals surface area contributed by atoms with E-state index in [0.29, 0.717) is 5.92 Å². The van der Waals surface area contributed by atoms with Crippen molar-refractivity contribution in [2.45, 2.75) is 165 Å². The van der Waals surface area contributed by atoms with Crippen LogP contribution in [0, 0.1) is 17.8 Å². The molecule has 0 aliphatic rings. The number of aliphatic hydroxyl groups is 1. The van der Waals surface area contributed by atoms with Crippen LogP contribution in [-0.2, 0) is 4.43 Å². The van der Waals surface area contributed by atoms with Crippen LogP contribution in [0.3, 0.4) is 0 Å². The molecule has 0 heterocycles. The Kier molecular flexibility index (Phi) is 18.2. The molecule has 4 heteroatoms. The van der Waals surface area contributed by atoms with Crippen molar-refractivity contribution in [1.29, 1.82) is 0 Å². The third-order valence-electron chi connectivity index (χ3n) is 9.35. The maximum atomic E-state index is 11.5. The summed E-state index contributed by atoms with van der Waals surface area (Å²) < 4.78 is 14.2. The van der Waals surface area contributed by atoms with E-state index in [1.54, 1.807) is 0 Å². The molecular formula is C33H68O2SiSn. The molecule has 0 aromatic rings. The fourth-order valence-electron chi connectivity index (χ4n) is 5.25. The van der Waals surface area contributed by atoms with E-state index in [1.807, 2.05) is 0 Å². The fraction of sp³-hybridized carbons (Fsp3) is 0.879. The van der Waals surface area contributed by atoms with Crippen molar-refractivity contribution >= 4 is 26.7 Å². The first kappa shape index (κ1) is 37.4. The zero-order chi connectivity index (χ0) is 28.9. The molecule has 37 heavy (non-hydrogen) atoms. The van der Waals surface area contributed by atoms with E-state index in [9.17, 15) is 5.11 Å². The summed E-state index contributed by atoms with van der Waals surface area (Å²) in [4.78, 5) is 0. The Labute approximate surface area is 239 Å². The molecule has 0 spiro atoms. The number of hydrogen-bond acceptors (Lipinski definition) is 2. The van der Waals surface area contributed by atoms with Crippen molar-refractivity contribution in [2.24, 2.45) is 17.8 Å². The zero-order valence-corrected chi connectivity index (χ0v) is 31.4. The van der Waals surface area contributed by atoms with Crippen LogP contribution in [0.25, 0.3) is 0 Å². The molecule has 0 amide bonds. The Hall–Kier alpha value is 0.416. The molecular weight excluding hydrogens is 575 g/mol. The van der Waals surface area contributed by atoms with Crippen LogP contribution in [0.2, 0.25) is 31.4 Å². The van der Waals surface area contributed by atoms with Crippen molar-refractivity contribution < 1.29 is 9.53 Å². The Morgan fingerprint density at radius 3 is 1.73 bits per heavy atom. The van der Waals surface area contributed by atoms with E-state index in [1.165, 1.54) is 57.4 Å². The third kappa shape index (κ3) is 13.1. The molecule has 0 aromatic heterocycles. The van der Waals surface area contributed by atoms with E-state index in [4.69, 9.17) is 4.43 Å². The Morgan fingerprint density at radius 1 is 0.892 bits per heavy atom. The molecule has 0 unspecified atom stereocenters. The molecule has 0 aliphatic carbocycles. The summed E-state index contributed by atoms with van der Waals surface area (Å²) in [7, 11) is -1.92. The summed E-state index contributed by atoms with van der Waals surface area (Å²) >= 11 is -2.29. The first-order valence-electron chi connectivity index (χ1n) is 15.8. The first-order chi connectivity index (χ1) is 17.1. The molecule has 1 N–H and O–H groups in total. The van der Waals surface area contributed by atoms with Crippen LogP contribution in [-0.4, -0.2) is 44.0 Å². The van der Waals surface area contributed by atoms with E-state index in [-0.39, 0.29) is 23.0 Å². The summed E-state index contributed by atoms with van der Waals surface area (Å²) in [5.41, 5.74) is 1.33. The Morgan fingerprint density at radius 2 is 1.35 bits per heavy atom. The molecule has 5 atom stereocenters. The molecule has 0 rings (SSSR count). The predicted molar refractivity (Wildman–Crippen MR) is 174 cm³/mol. The van der Waals surface area contributed by atoms with Gasteiger partial charge in [-0.2, -0.15) is 0 Å². The first-order valence-corrected chi connectivity index (χ1v) is 26.5. The second-order valence-corrected chi connectivity index (χ2v) is 31.6. The van der Waals surface area contributed by atoms with Gasteiger partial charge in [-0.05, 0) is 0 Å². The van der Waals surface area contributed by atoms with Crippen LogP contribution in [0.4, 0.5) is 0 Å². The van der Waals surface area contributed by atoms with Gasteiger partial charge in [0, 0.05) is 0 Å². The monoisotopic (exact) mass is 644 g/mol. The molecule has 0 aromatic carbocycles. The summed E-state index contributed by atoms with van der Waals surface area (Å²) in [6.45, 7) is 29.8. The number of rotatable bonds is 19. The number of hydrogen-bond donors (Lipinski definition) is 1. The van der Waals surface area contributed by atoms with Gasteiger partial charge in [0.1, 0.15) is 0 Å². The number of aliphatic hydroxyl groups excluding tert-OH is 1. The van der Waals surface area contributed by atoms with Crippen LogP contribution in [0.15, 0.2) is 21.8 Å². The molecule has 0 aliphatic heterocycles. The maximum absolute atomic E-state index is 11.5. The van der Waals surface area contributed by atoms with Gasteiger partial charge < -0.3 is 0 Å². The van der Waals surface area contributed by atoms with E-state index < -0.39 is 32.8 Å². The molecule has 0 fully saturated rings. The van der Waals surface area contributed by atoms with Gasteiger partial charge in [-0.25, -0.2) is 0 Å². The predicted octanol–water partition coefficient (Wildman–Crippen LogP) is 10.9. The molecule has 0 bridgehead atoms. The van der Waals surface area contributed by atoms with Gasteiger partial charge in [-0.15, -0.1) is 0 Å². The van der Waals surface area contributed by atoms with Crippen LogP contribution < -0.4 is 0 Å². The van der Waals surface area contributed by atoms with Gasteiger partial charge in [-0.1, -0.05) is 0 Å². The quantitative estimate of drug-likeness (QED) is 0.112. The van der Waals surface area contributed by atoms with Crippen molar-refractivity contribution in [1.82, 2.24) is 0 Å². The van der Waals surface area contributed by atoms with Crippen molar-refractivity contribution in [2.75, 3.05) is 0 Å². The van der Waals surface area contributed by atoms with Gasteiger partial charge in [0.15, 0.2) is 0 Å². The summed E-state index contributed by atoms with van der Waals surface area (Å²) in [6, 6.07) is 0. The number of allylic oxidation sites excluding steroid dienone is 2. The van der Waals surface area contributed by atoms with E-state index in [2.05, 4.69) is 105 Å². The van der Waals surface area contributed by atoms with Gasteiger partial charge in [0.25, 0.3) is 0 Å². The van der Waals surface area contributed by atoms with Gasteiger partial charge >= 0.3 is 241 Å². The average Bonchev–Trinajstić information content (AvgIpc) is 2.84. The van der Waals surface area contributed by atoms with Gasteiger partial charge in [0.05, 0.1) is 0 Å². The second kappa shape index (κ2) is 18.0. The van der Waals surface area contributed by atoms with Crippen molar-refractivity contribution in [3.05, 3.63) is 21.8 Å². The fourth-order valence-corrected chi connectivity index (χ4v) is 21.1. The average molecular weight is 644 g/mol. The normalized spacial score (nSPS) is 18.2. The number of unbranched alkanes of at least 4 members (excludes halogenated alkanes) is 3. The summed E-state index contributed by atoms with van der Waals surface area (Å²) in [5, 5.41) is 11.7. The van der Waals surface area contributed by atoms with E-state index >= 15 is 0 Å². The van der Waals surface area contributed by atoms with E-state index in [0.717, 1.165) is 6.42 Å². The zero-order valence-electron chi connectivity index (χ0n) is 27.5. The Balaban J connectivity index is 5.80. The second-order valence-electron chi connectivity index (χ2n) is 13.9. The summed E-state index contributed by atoms with van der Waals surface area (Å²) in [5.74, 6) is 0.645. The SMILES string of the molecule is CCC[CH2][Sn]([CH]=CC(C)=C[C@@H](C)[C@@H](O)[C@@H](C)[C@H](O[Si](C)(C)C(C)(C)C)[C@@H](C)CC)([CH2]CCC)[CH2]CCC. The van der Waals surface area contributed by atoms with Crippen molar-refractivity contribution in [3.8, 4) is 0 Å². The minimum absolute atomic E-state index is 0.0913. The topological polar surface area (TPSA) is 29.5 Å². The standard InChI is InChI=1S/C21H41O2Si.3C4H9.Sn/c1-12-15(3)14-17(5)19(22)18(6)20(16(4)13-2)23-24(10,11)21(7,8)9;3*1-3-4-2;/h1,12,14,16-20,22H,13H2,2-11H3;3*1,3-4H2,2H3;/t16-,17+,18+,19+,20+;;;;/m0..../s1. The third-order valence-corrected chi connectivity index (χ3v) is 27.9. The van der Waals surface area contributed by atoms with Gasteiger partial charge in [0.2, 0.25) is 0 Å². The molecule has 2 nitrogen and oxygen atoms in total. The van der Waals surface area contributed by atoms with Crippen LogP contribution >= 0.6 is 0 Å². The molecule has 0 saturated heterocycles. The van der Waals surface area contributed by atoms with Crippen LogP contribution in [0.5, 0.6) is 0 Å². The minimum atomic E-state index is -2.29. The molecule has 220 valence electrons. The van der Waals surface area contributed by atoms with Crippen molar-refractivity contribution in [3.63, 3.8) is 0 Å². The van der Waals surface area contributed by atoms with Crippen LogP contribution in [0.1, 0.15) is 121 Å². The Bertz CT molecular complexity index is 642. The molecule has 0 saturated carbocycles. The molecule has 0 radical (unpaired) electrons. The summed E-state index contributed by atoms with van der Waals surface area (Å²) in [6.07, 6.45) is 13.7.